The molecule has 2 bridgehead atoms. The van der Waals surface area contributed by atoms with Crippen LogP contribution in [0.3, 0.4) is 0 Å². The highest BCUT2D eigenvalue weighted by Gasteiger charge is 2.43. The van der Waals surface area contributed by atoms with Gasteiger partial charge in [0.1, 0.15) is 23.7 Å². The van der Waals surface area contributed by atoms with Gasteiger partial charge in [0.25, 0.3) is 5.91 Å². The van der Waals surface area contributed by atoms with Gasteiger partial charge in [0.2, 0.25) is 11.8 Å². The average molecular weight is 568 g/mol. The third-order valence-electron chi connectivity index (χ3n) is 9.39. The fourth-order valence-electron chi connectivity index (χ4n) is 7.23. The second kappa shape index (κ2) is 10.1. The Kier molecular flexibility index (Phi) is 6.15. The molecule has 6 heterocycles. The number of likely N-dealkylation sites (tertiary alicyclic amines) is 1. The van der Waals surface area contributed by atoms with Crippen molar-refractivity contribution < 1.29 is 23.9 Å². The maximum atomic E-state index is 13.0. The largest absolute Gasteiger partial charge is 0.489 e. The molecule has 0 saturated carbocycles. The number of imide groups is 1. The fourth-order valence-corrected chi connectivity index (χ4v) is 7.23. The maximum absolute atomic E-state index is 13.0. The van der Waals surface area contributed by atoms with E-state index in [1.165, 1.54) is 12.0 Å². The molecule has 1 unspecified atom stereocenters. The normalized spacial score (nSPS) is 27.3. The minimum absolute atomic E-state index is 0.0658. The molecule has 0 spiro atoms. The van der Waals surface area contributed by atoms with E-state index >= 15 is 0 Å². The summed E-state index contributed by atoms with van der Waals surface area (Å²) in [6.07, 6.45) is 2.80. The minimum Gasteiger partial charge on any atom is -0.489 e. The highest BCUT2D eigenvalue weighted by molar-refractivity contribution is 6.05. The molecule has 8 rings (SSSR count). The molecule has 4 saturated heterocycles. The number of rotatable bonds is 6. The number of nitrogens with zero attached hydrogens (tertiary/aromatic N) is 4. The Morgan fingerprint density at radius 1 is 1.00 bits per heavy atom. The predicted octanol–water partition coefficient (Wildman–Crippen LogP) is 2.63. The third-order valence-corrected chi connectivity index (χ3v) is 9.39. The van der Waals surface area contributed by atoms with Crippen molar-refractivity contribution in [1.29, 1.82) is 0 Å². The topological polar surface area (TPSA) is 104 Å². The Labute approximate surface area is 243 Å². The quantitative estimate of drug-likeness (QED) is 0.454. The lowest BCUT2D eigenvalue weighted by molar-refractivity contribution is -0.136. The van der Waals surface area contributed by atoms with Gasteiger partial charge >= 0.3 is 0 Å². The minimum atomic E-state index is -0.612. The van der Waals surface area contributed by atoms with Crippen molar-refractivity contribution in [3.8, 4) is 5.75 Å². The molecule has 5 aliphatic heterocycles. The number of hydrogen-bond donors (Lipinski definition) is 1. The van der Waals surface area contributed by atoms with Gasteiger partial charge in [-0.15, -0.1) is 0 Å². The van der Waals surface area contributed by atoms with Crippen LogP contribution in [-0.4, -0.2) is 83.0 Å². The molecule has 1 N–H and O–H groups in total. The third kappa shape index (κ3) is 4.49. The van der Waals surface area contributed by atoms with E-state index in [2.05, 4.69) is 45.4 Å². The molecule has 42 heavy (non-hydrogen) atoms. The molecule has 3 amide bonds. The number of carbonyl (C=O) groups is 3. The summed E-state index contributed by atoms with van der Waals surface area (Å²) in [7, 11) is 0. The van der Waals surface area contributed by atoms with Gasteiger partial charge in [0, 0.05) is 43.5 Å². The molecular formula is C32H33N5O5. The average Bonchev–Trinajstić information content (AvgIpc) is 3.56. The number of aromatic nitrogens is 1. The first kappa shape index (κ1) is 25.7. The van der Waals surface area contributed by atoms with Gasteiger partial charge in [-0.25, -0.2) is 4.98 Å². The van der Waals surface area contributed by atoms with Crippen molar-refractivity contribution in [2.24, 2.45) is 0 Å². The van der Waals surface area contributed by atoms with Crippen LogP contribution in [0.4, 0.5) is 5.82 Å². The summed E-state index contributed by atoms with van der Waals surface area (Å²) in [6, 6.07) is 16.8. The molecule has 4 atom stereocenters. The van der Waals surface area contributed by atoms with E-state index in [4.69, 9.17) is 14.5 Å². The number of ether oxygens (including phenoxy) is 2. The number of piperidine rings is 1. The molecule has 216 valence electrons. The lowest BCUT2D eigenvalue weighted by atomic mass is 9.91. The van der Waals surface area contributed by atoms with Crippen molar-refractivity contribution >= 4 is 34.4 Å². The van der Waals surface area contributed by atoms with Crippen LogP contribution in [0, 0.1) is 0 Å². The standard InChI is InChI=1S/C32H33N5O5/c38-30-8-6-28(31(39)34-30)36-15-21-12-24(3-4-26(21)32(36)40)42-25-9-10-35(16-25)14-19-1-5-27-20(11-19)2-7-29(33-27)37-22-13-23(37)18-41-17-22/h1-5,7,11-12,22-23,25,28H,6,8-10,13-18H2,(H,34,38,39)/t22-,23+,25-,28?/m0/s1. The highest BCUT2D eigenvalue weighted by Crippen LogP contribution is 2.36. The van der Waals surface area contributed by atoms with Gasteiger partial charge in [0.15, 0.2) is 0 Å². The van der Waals surface area contributed by atoms with Crippen LogP contribution in [0.1, 0.15) is 47.2 Å². The summed E-state index contributed by atoms with van der Waals surface area (Å²) in [5.74, 6) is 0.945. The van der Waals surface area contributed by atoms with E-state index in [1.54, 1.807) is 11.0 Å². The number of amides is 3. The van der Waals surface area contributed by atoms with E-state index in [0.29, 0.717) is 30.6 Å². The summed E-state index contributed by atoms with van der Waals surface area (Å²) in [6.45, 7) is 4.57. The maximum Gasteiger partial charge on any atom is 0.255 e. The van der Waals surface area contributed by atoms with Crippen LogP contribution < -0.4 is 15.0 Å². The summed E-state index contributed by atoms with van der Waals surface area (Å²) < 4.78 is 12.0. The molecule has 1 aromatic heterocycles. The number of morpholine rings is 1. The molecule has 0 radical (unpaired) electrons. The number of carbonyl (C=O) groups excluding carboxylic acids is 3. The first-order chi connectivity index (χ1) is 20.5. The number of anilines is 1. The number of benzene rings is 2. The van der Waals surface area contributed by atoms with E-state index in [1.807, 2.05) is 12.1 Å². The molecule has 2 aromatic carbocycles. The van der Waals surface area contributed by atoms with Gasteiger partial charge in [-0.3, -0.25) is 24.6 Å². The lowest BCUT2D eigenvalue weighted by Crippen LogP contribution is -2.64. The van der Waals surface area contributed by atoms with Crippen LogP contribution in [0.15, 0.2) is 48.5 Å². The molecule has 5 aliphatic rings. The van der Waals surface area contributed by atoms with Crippen LogP contribution in [0.25, 0.3) is 10.9 Å². The van der Waals surface area contributed by atoms with E-state index in [9.17, 15) is 14.4 Å². The van der Waals surface area contributed by atoms with Crippen molar-refractivity contribution in [3.05, 3.63) is 65.2 Å². The SMILES string of the molecule is O=C1CCC(N2Cc3cc(O[C@H]4CCN(Cc5ccc6nc(N7[C@@H]8COC[C@H]7C8)ccc6c5)C4)ccc3C2=O)C(=O)N1. The summed E-state index contributed by atoms with van der Waals surface area (Å²) in [4.78, 5) is 48.2. The Hall–Kier alpha value is -4.02. The summed E-state index contributed by atoms with van der Waals surface area (Å²) >= 11 is 0. The second-order valence-corrected chi connectivity index (χ2v) is 12.2. The second-order valence-electron chi connectivity index (χ2n) is 12.2. The van der Waals surface area contributed by atoms with Crippen LogP contribution in [0.2, 0.25) is 0 Å². The van der Waals surface area contributed by atoms with Gasteiger partial charge in [-0.1, -0.05) is 6.07 Å². The zero-order valence-electron chi connectivity index (χ0n) is 23.3. The Balaban J connectivity index is 0.886. The lowest BCUT2D eigenvalue weighted by Gasteiger charge is -2.53. The summed E-state index contributed by atoms with van der Waals surface area (Å²) in [5.41, 5.74) is 3.74. The monoisotopic (exact) mass is 567 g/mol. The first-order valence-corrected chi connectivity index (χ1v) is 14.9. The van der Waals surface area contributed by atoms with Gasteiger partial charge in [-0.05, 0) is 72.9 Å². The molecule has 10 heteroatoms. The van der Waals surface area contributed by atoms with Crippen LogP contribution >= 0.6 is 0 Å². The van der Waals surface area contributed by atoms with Crippen molar-refractivity contribution in [2.75, 3.05) is 31.2 Å². The number of fused-ring (bicyclic) bond motifs is 4. The predicted molar refractivity (Wildman–Crippen MR) is 154 cm³/mol. The van der Waals surface area contributed by atoms with E-state index < -0.39 is 11.9 Å². The molecule has 4 fully saturated rings. The smallest absolute Gasteiger partial charge is 0.255 e. The number of nitrogens with one attached hydrogen (secondary N) is 1. The first-order valence-electron chi connectivity index (χ1n) is 14.9. The van der Waals surface area contributed by atoms with E-state index in [-0.39, 0.29) is 24.3 Å². The zero-order chi connectivity index (χ0) is 28.4. The molecule has 10 nitrogen and oxygen atoms in total. The number of pyridine rings is 1. The molecule has 3 aromatic rings. The van der Waals surface area contributed by atoms with Gasteiger partial charge in [0.05, 0.1) is 30.8 Å². The van der Waals surface area contributed by atoms with Gasteiger partial charge in [-0.2, -0.15) is 0 Å². The number of hydrogen-bond acceptors (Lipinski definition) is 8. The Bertz CT molecular complexity index is 1600. The Morgan fingerprint density at radius 2 is 1.88 bits per heavy atom. The molecule has 0 aliphatic carbocycles. The summed E-state index contributed by atoms with van der Waals surface area (Å²) in [5, 5.41) is 3.51. The molecular weight excluding hydrogens is 534 g/mol. The van der Waals surface area contributed by atoms with Crippen molar-refractivity contribution in [1.82, 2.24) is 20.1 Å². The van der Waals surface area contributed by atoms with Gasteiger partial charge < -0.3 is 19.3 Å². The van der Waals surface area contributed by atoms with Crippen molar-refractivity contribution in [3.63, 3.8) is 0 Å². The zero-order valence-corrected chi connectivity index (χ0v) is 23.3. The van der Waals surface area contributed by atoms with Crippen LogP contribution in [-0.2, 0) is 27.4 Å². The van der Waals surface area contributed by atoms with E-state index in [0.717, 1.165) is 67.3 Å². The Morgan fingerprint density at radius 3 is 2.71 bits per heavy atom. The highest BCUT2D eigenvalue weighted by atomic mass is 16.5. The fraction of sp³-hybridized carbons (Fsp3) is 0.438. The van der Waals surface area contributed by atoms with Crippen LogP contribution in [0.5, 0.6) is 5.75 Å². The van der Waals surface area contributed by atoms with Crippen molar-refractivity contribution in [2.45, 2.75) is 63.0 Å².